The van der Waals surface area contributed by atoms with E-state index in [-0.39, 0.29) is 48.1 Å². The molecule has 0 amide bonds. The number of phenolic OH excluding ortho intramolecular Hbond substituents is 3. The number of hydrogen-bond acceptors (Lipinski definition) is 7. The van der Waals surface area contributed by atoms with E-state index in [2.05, 4.69) is 31.9 Å². The fraction of sp³-hybridized carbons (Fsp3) is 0. The van der Waals surface area contributed by atoms with E-state index in [9.17, 15) is 30.2 Å². The molecule has 2 aromatic carbocycles. The molecule has 2 aromatic rings. The van der Waals surface area contributed by atoms with Crippen LogP contribution in [-0.4, -0.2) is 20.2 Å². The van der Waals surface area contributed by atoms with Gasteiger partial charge in [0, 0.05) is 22.6 Å². The fourth-order valence-electron chi connectivity index (χ4n) is 3.16. The number of rotatable bonds is 2. The van der Waals surface area contributed by atoms with E-state index in [0.717, 1.165) is 6.07 Å². The van der Waals surface area contributed by atoms with Crippen LogP contribution in [0.3, 0.4) is 0 Å². The Morgan fingerprint density at radius 2 is 1.66 bits per heavy atom. The van der Waals surface area contributed by atoms with Crippen LogP contribution < -0.4 is 5.43 Å². The zero-order chi connectivity index (χ0) is 21.0. The van der Waals surface area contributed by atoms with E-state index >= 15 is 0 Å². The zero-order valence-electron chi connectivity index (χ0n) is 14.1. The lowest BCUT2D eigenvalue weighted by Crippen LogP contribution is -2.05. The summed E-state index contributed by atoms with van der Waals surface area (Å²) < 4.78 is 5.71. The molecule has 29 heavy (non-hydrogen) atoms. The smallest absolute Gasteiger partial charge is 0.277 e. The molecule has 8 nitrogen and oxygen atoms in total. The Balaban J connectivity index is 2.34. The molecule has 0 bridgehead atoms. The summed E-state index contributed by atoms with van der Waals surface area (Å²) in [5.74, 6) is -1.55. The summed E-state index contributed by atoms with van der Waals surface area (Å²) in [5.41, 5.74) is -0.301. The van der Waals surface area contributed by atoms with Crippen LogP contribution in [0.1, 0.15) is 0 Å². The summed E-state index contributed by atoms with van der Waals surface area (Å²) >= 11 is 6.25. The first-order valence-electron chi connectivity index (χ1n) is 7.98. The van der Waals surface area contributed by atoms with E-state index in [0.29, 0.717) is 0 Å². The SMILES string of the molecule is O=c1c(O)cc2c(-c3ccccc3[N+](=O)[O-])c3cc(O)c(O)c(Br)c3oc-2c1Br. The summed E-state index contributed by atoms with van der Waals surface area (Å²) in [4.78, 5) is 23.2. The second-order valence-electron chi connectivity index (χ2n) is 6.10. The van der Waals surface area contributed by atoms with Crippen molar-refractivity contribution < 1.29 is 24.7 Å². The van der Waals surface area contributed by atoms with Crippen molar-refractivity contribution in [2.24, 2.45) is 0 Å². The van der Waals surface area contributed by atoms with Gasteiger partial charge >= 0.3 is 0 Å². The highest BCUT2D eigenvalue weighted by Gasteiger charge is 2.28. The molecule has 0 spiro atoms. The molecular formula is C19H9Br2NO7. The van der Waals surface area contributed by atoms with E-state index in [1.807, 2.05) is 0 Å². The summed E-state index contributed by atoms with van der Waals surface area (Å²) in [6.07, 6.45) is 0. The van der Waals surface area contributed by atoms with Gasteiger partial charge in [0.2, 0.25) is 5.43 Å². The molecule has 1 heterocycles. The first-order chi connectivity index (χ1) is 13.7. The standard InChI is InChI=1S/C19H9Br2NO7/c20-14-16(25)11(23)5-8-13(7-3-1-2-4-10(7)22(27)28)9-6-12(24)17(26)15(21)19(9)29-18(8)14/h1-6,23-25H. The van der Waals surface area contributed by atoms with Gasteiger partial charge in [-0.3, -0.25) is 14.9 Å². The van der Waals surface area contributed by atoms with Crippen LogP contribution in [-0.2, 0) is 0 Å². The van der Waals surface area contributed by atoms with Crippen molar-refractivity contribution >= 4 is 48.5 Å². The van der Waals surface area contributed by atoms with Crippen LogP contribution in [0.2, 0.25) is 0 Å². The van der Waals surface area contributed by atoms with Crippen LogP contribution in [0.5, 0.6) is 17.2 Å². The summed E-state index contributed by atoms with van der Waals surface area (Å²) in [6, 6.07) is 8.25. The van der Waals surface area contributed by atoms with Gasteiger partial charge in [-0.25, -0.2) is 0 Å². The first-order valence-corrected chi connectivity index (χ1v) is 9.57. The number of halogens is 2. The van der Waals surface area contributed by atoms with Gasteiger partial charge in [-0.05, 0) is 50.1 Å². The molecule has 3 N–H and O–H groups in total. The number of para-hydroxylation sites is 1. The van der Waals surface area contributed by atoms with Gasteiger partial charge in [-0.2, -0.15) is 0 Å². The van der Waals surface area contributed by atoms with Crippen LogP contribution in [0, 0.1) is 10.1 Å². The predicted molar refractivity (Wildman–Crippen MR) is 112 cm³/mol. The second-order valence-corrected chi connectivity index (χ2v) is 7.69. The molecule has 0 saturated carbocycles. The van der Waals surface area contributed by atoms with Crippen molar-refractivity contribution in [3.05, 3.63) is 65.7 Å². The lowest BCUT2D eigenvalue weighted by atomic mass is 9.92. The molecule has 2 aliphatic rings. The van der Waals surface area contributed by atoms with E-state index in [1.54, 1.807) is 6.07 Å². The maximum atomic E-state index is 12.2. The molecule has 0 radical (unpaired) electrons. The Morgan fingerprint density at radius 3 is 2.34 bits per heavy atom. The minimum atomic E-state index is -0.728. The highest BCUT2D eigenvalue weighted by Crippen LogP contribution is 2.50. The van der Waals surface area contributed by atoms with Crippen LogP contribution in [0.25, 0.3) is 33.4 Å². The Morgan fingerprint density at radius 1 is 0.966 bits per heavy atom. The van der Waals surface area contributed by atoms with E-state index < -0.39 is 27.6 Å². The summed E-state index contributed by atoms with van der Waals surface area (Å²) in [5, 5.41) is 42.1. The zero-order valence-corrected chi connectivity index (χ0v) is 17.3. The molecule has 0 atom stereocenters. The molecule has 0 unspecified atom stereocenters. The topological polar surface area (TPSA) is 134 Å². The second kappa shape index (κ2) is 6.75. The molecule has 1 aliphatic heterocycles. The minimum Gasteiger partial charge on any atom is -0.504 e. The maximum absolute atomic E-state index is 12.2. The van der Waals surface area contributed by atoms with Gasteiger partial charge in [-0.1, -0.05) is 12.1 Å². The highest BCUT2D eigenvalue weighted by molar-refractivity contribution is 9.11. The van der Waals surface area contributed by atoms with Crippen molar-refractivity contribution in [2.45, 2.75) is 0 Å². The van der Waals surface area contributed by atoms with E-state index in [1.165, 1.54) is 24.3 Å². The van der Waals surface area contributed by atoms with Crippen LogP contribution >= 0.6 is 31.9 Å². The third-order valence-corrected chi connectivity index (χ3v) is 5.90. The van der Waals surface area contributed by atoms with Crippen molar-refractivity contribution in [1.82, 2.24) is 0 Å². The van der Waals surface area contributed by atoms with Crippen molar-refractivity contribution in [3.8, 4) is 39.7 Å². The molecule has 1 aliphatic carbocycles. The summed E-state index contributed by atoms with van der Waals surface area (Å²) in [6.45, 7) is 0. The molecule has 0 fully saturated rings. The van der Waals surface area contributed by atoms with Gasteiger partial charge < -0.3 is 19.7 Å². The Hall–Kier alpha value is -3.11. The predicted octanol–water partition coefficient (Wildman–Crippen LogP) is 5.11. The number of nitrogens with zero attached hydrogens (tertiary/aromatic N) is 1. The van der Waals surface area contributed by atoms with Crippen molar-refractivity contribution in [3.63, 3.8) is 0 Å². The van der Waals surface area contributed by atoms with Crippen LogP contribution in [0.4, 0.5) is 5.69 Å². The number of hydrogen-bond donors (Lipinski definition) is 3. The Bertz CT molecular complexity index is 1360. The Labute approximate surface area is 178 Å². The average Bonchev–Trinajstić information content (AvgIpc) is 2.69. The number of benzene rings is 3. The number of nitro groups is 1. The molecule has 146 valence electrons. The monoisotopic (exact) mass is 521 g/mol. The van der Waals surface area contributed by atoms with Gasteiger partial charge in [0.1, 0.15) is 8.95 Å². The fourth-order valence-corrected chi connectivity index (χ4v) is 4.16. The highest BCUT2D eigenvalue weighted by atomic mass is 79.9. The lowest BCUT2D eigenvalue weighted by molar-refractivity contribution is -0.384. The van der Waals surface area contributed by atoms with E-state index in [4.69, 9.17) is 4.42 Å². The molecule has 4 rings (SSSR count). The molecular weight excluding hydrogens is 514 g/mol. The Kier molecular flexibility index (Phi) is 4.47. The van der Waals surface area contributed by atoms with Crippen molar-refractivity contribution in [2.75, 3.05) is 0 Å². The first kappa shape index (κ1) is 19.2. The summed E-state index contributed by atoms with van der Waals surface area (Å²) in [7, 11) is 0. The van der Waals surface area contributed by atoms with Gasteiger partial charge in [-0.15, -0.1) is 0 Å². The van der Waals surface area contributed by atoms with Crippen LogP contribution in [0.15, 0.2) is 54.6 Å². The lowest BCUT2D eigenvalue weighted by Gasteiger charge is -2.18. The average molecular weight is 523 g/mol. The van der Waals surface area contributed by atoms with Gasteiger partial charge in [0.15, 0.2) is 28.6 Å². The maximum Gasteiger partial charge on any atom is 0.277 e. The molecule has 0 saturated heterocycles. The third kappa shape index (κ3) is 2.83. The van der Waals surface area contributed by atoms with Gasteiger partial charge in [0.25, 0.3) is 5.69 Å². The van der Waals surface area contributed by atoms with Gasteiger partial charge in [0.05, 0.1) is 10.5 Å². The number of phenols is 3. The van der Waals surface area contributed by atoms with Crippen molar-refractivity contribution in [1.29, 1.82) is 0 Å². The minimum absolute atomic E-state index is 0.00154. The molecule has 0 aromatic heterocycles. The number of fused-ring (bicyclic) bond motifs is 2. The molecule has 10 heteroatoms. The largest absolute Gasteiger partial charge is 0.504 e. The number of nitro benzene ring substituents is 1. The quantitative estimate of drug-likeness (QED) is 0.144. The third-order valence-electron chi connectivity index (χ3n) is 4.45. The number of aromatic hydroxyl groups is 3. The normalized spacial score (nSPS) is 11.2.